The fraction of sp³-hybridized carbons (Fsp3) is 0.507. The number of aliphatic hydroxyl groups excluding tert-OH is 2. The molecular weight excluding hydrogens is 2070 g/mol. The number of benzene rings is 2. The molecule has 2 aromatic heterocycles. The van der Waals surface area contributed by atoms with E-state index < -0.39 is 205 Å². The van der Waals surface area contributed by atoms with Crippen molar-refractivity contribution in [2.24, 2.45) is 5.73 Å². The zero-order chi connectivity index (χ0) is 104. The number of ether oxygens (including phenoxy) is 3. The fourth-order valence-corrected chi connectivity index (χ4v) is 22.4. The maximum Gasteiger partial charge on any atom is 0.490 e. The largest absolute Gasteiger partial charge is 0.490 e. The van der Waals surface area contributed by atoms with Crippen molar-refractivity contribution in [3.63, 3.8) is 0 Å². The monoisotopic (exact) mass is 2170 g/mol. The number of carboxylic acid groups (broad SMARTS) is 4. The molecule has 1 aliphatic carbocycles. The summed E-state index contributed by atoms with van der Waals surface area (Å²) < 4.78 is 111. The van der Waals surface area contributed by atoms with E-state index in [1.54, 1.807) is 6.07 Å². The lowest BCUT2D eigenvalue weighted by Gasteiger charge is -2.19. The second kappa shape index (κ2) is 58.8. The van der Waals surface area contributed by atoms with Crippen LogP contribution in [0.15, 0.2) is 70.5 Å². The van der Waals surface area contributed by atoms with Gasteiger partial charge in [-0.3, -0.25) is 56.5 Å². The fourth-order valence-electron chi connectivity index (χ4n) is 12.1. The number of rotatable bonds is 55. The van der Waals surface area contributed by atoms with E-state index in [4.69, 9.17) is 76.7 Å². The van der Waals surface area contributed by atoms with Gasteiger partial charge in [0.05, 0.1) is 74.6 Å². The zero-order valence-electron chi connectivity index (χ0n) is 73.3. The van der Waals surface area contributed by atoms with Crippen LogP contribution < -0.4 is 65.8 Å². The number of phosphoric acid groups is 6. The number of carboxylic acids is 4. The minimum Gasteiger partial charge on any atom is -0.481 e. The number of carbonyl (C=O) groups is 11. The number of anilines is 2. The standard InChI is InChI=1S/C43H54N7O22P3S2.C28H44N7O20P3S2.C2H3N/c44-39-25(21-50(42(59)49-39)37-20-33(51)34(70-37)23-69-74(64,65)72-75(66,67)71-73(61,62)63)9-8-17-45-35(52)15-18-76-77-24-32(40(56)46-16-7-1-2-14-36(53)47-31(41(57)58)19-38(54)55)48-43(60)68-22-30-28-12-5-3-10-26(28)27-11-4-6-13-29(27)30;29-17(26(41)32-8-3-1-2-6-22(38)33-18(27(42)43)11-24(39)40)15-60-59-10-7-21(37)31-9-4-5-16-13-35(28(44)34-25(16)30)23-12-19(36)20(53-23)14-52-57(48,49)55-58(50,51)54-56(45,46)47;1-2-3/h3-6,10-13,21,30-34,37,51H,1-2,7,14-20,22-24H2,(H,45,52)(H,46,56)(H,47,53)(H,48,60)(H,54,55)(H,57,58)(H,64,65)(H,66,67)(H2,44,49,59)(H2,61,62,63);13,17-20,23,36H,1-3,6-12,14-15,29H2,(H,31,37)(H,32,41)(H,33,38)(H,39,40)(H,42,43)(H,48,49)(H,50,51)(H2,30,34,44)(H2,45,46,47);1H3. The summed E-state index contributed by atoms with van der Waals surface area (Å²) in [7, 11) is -28.9. The SMILES string of the molecule is CC#N.Nc1nc(=O)n(C2CC(O)C(COP(=O)(O)OP(=O)(O)OP(=O)(O)O)O2)cc1C#CCNC(=O)CCSSCC(N)C(=O)NCCCCCC(=O)NC(CC(=O)O)C(=O)O.Nc1nc(=O)n(C2CC(O)C(COP(=O)(O)OP(=O)(O)OP(=O)(O)O)O2)cc1C#CCNC(=O)CCSSCC(NC(=O)OCC1c2ccccc2-c2ccccc21)C(=O)NCCCCCC(=O)NC(CC(=O)O)C(=O)O. The van der Waals surface area contributed by atoms with Crippen molar-refractivity contribution in [3.8, 4) is 40.9 Å². The molecule has 4 heterocycles. The molecule has 0 radical (unpaired) electrons. The van der Waals surface area contributed by atoms with Crippen LogP contribution in [0, 0.1) is 35.0 Å². The molecule has 4 aromatic rings. The molecular formula is C73H101N15O42P6S4. The summed E-state index contributed by atoms with van der Waals surface area (Å²) >= 11 is 0. The van der Waals surface area contributed by atoms with Crippen LogP contribution in [-0.2, 0) is 116 Å². The first-order chi connectivity index (χ1) is 65.6. The van der Waals surface area contributed by atoms with Gasteiger partial charge >= 0.3 is 88.3 Å². The van der Waals surface area contributed by atoms with Crippen LogP contribution in [0.5, 0.6) is 0 Å². The number of nitrogens with one attached hydrogen (secondary N) is 7. The van der Waals surface area contributed by atoms with E-state index in [9.17, 15) is 120 Å². The number of unbranched alkanes of at least 4 members (excludes halogenated alkanes) is 4. The van der Waals surface area contributed by atoms with E-state index in [0.717, 1.165) is 43.8 Å². The molecule has 0 bridgehead atoms. The van der Waals surface area contributed by atoms with Gasteiger partial charge in [0.1, 0.15) is 61.0 Å². The maximum atomic E-state index is 13.4. The summed E-state index contributed by atoms with van der Waals surface area (Å²) in [6.45, 7) is -0.407. The Morgan fingerprint density at radius 3 is 1.30 bits per heavy atom. The van der Waals surface area contributed by atoms with Crippen molar-refractivity contribution >= 4 is 167 Å². The number of carbonyl (C=O) groups excluding carboxylic acids is 7. The molecule has 3 aliphatic rings. The van der Waals surface area contributed by atoms with Crippen LogP contribution in [0.4, 0.5) is 16.4 Å². The normalized spacial score (nSPS) is 18.4. The third kappa shape index (κ3) is 45.8. The molecule has 14 unspecified atom stereocenters. The van der Waals surface area contributed by atoms with Gasteiger partial charge in [0, 0.05) is 99.9 Å². The third-order valence-corrected chi connectivity index (χ3v) is 30.8. The second-order valence-corrected chi connectivity index (χ2v) is 43.2. The summed E-state index contributed by atoms with van der Waals surface area (Å²) in [4.78, 5) is 237. The van der Waals surface area contributed by atoms with Crippen LogP contribution in [0.3, 0.4) is 0 Å². The van der Waals surface area contributed by atoms with Crippen LogP contribution in [0.1, 0.15) is 137 Å². The number of nitriles is 1. The number of nitrogens with two attached hydrogens (primary N) is 3. The molecule has 2 fully saturated rings. The Morgan fingerprint density at radius 1 is 0.514 bits per heavy atom. The Bertz CT molecular complexity index is 5600. The average Bonchev–Trinajstić information content (AvgIpc) is 1.61. The number of hydrogen-bond acceptors (Lipinski definition) is 40. The Morgan fingerprint density at radius 2 is 0.907 bits per heavy atom. The van der Waals surface area contributed by atoms with Gasteiger partial charge in [0.25, 0.3) is 0 Å². The molecule has 57 nitrogen and oxygen atoms in total. The van der Waals surface area contributed by atoms with Gasteiger partial charge in [-0.05, 0) is 47.9 Å². The smallest absolute Gasteiger partial charge is 0.481 e. The highest BCUT2D eigenvalue weighted by Crippen LogP contribution is 2.68. The first kappa shape index (κ1) is 121. The molecule has 14 atom stereocenters. The van der Waals surface area contributed by atoms with Crippen molar-refractivity contribution in [2.45, 2.75) is 164 Å². The highest BCUT2D eigenvalue weighted by atomic mass is 33.1. The number of aliphatic carboxylic acids is 4. The number of alkyl carbamates (subject to hydrolysis) is 1. The molecule has 2 aromatic carbocycles. The summed E-state index contributed by atoms with van der Waals surface area (Å²) in [5.74, 6) is 2.13. The van der Waals surface area contributed by atoms with E-state index in [1.807, 2.05) is 48.5 Å². The number of amides is 7. The van der Waals surface area contributed by atoms with Crippen LogP contribution >= 0.6 is 90.1 Å². The number of fused-ring (bicyclic) bond motifs is 3. The number of aromatic nitrogens is 4. The molecule has 0 spiro atoms. The summed E-state index contributed by atoms with van der Waals surface area (Å²) in [5.41, 5.74) is 19.8. The van der Waals surface area contributed by atoms with Crippen molar-refractivity contribution in [1.82, 2.24) is 56.3 Å². The molecule has 140 heavy (non-hydrogen) atoms. The Hall–Kier alpha value is -9.60. The summed E-state index contributed by atoms with van der Waals surface area (Å²) in [5, 5.41) is 81.5. The number of phosphoric ester groups is 2. The molecule has 27 N–H and O–H groups in total. The van der Waals surface area contributed by atoms with Gasteiger partial charge in [-0.25, -0.2) is 51.4 Å². The Kier molecular flexibility index (Phi) is 50.8. The number of nitrogen functional groups attached to an aromatic ring is 2. The molecule has 774 valence electrons. The van der Waals surface area contributed by atoms with Crippen molar-refractivity contribution in [2.75, 3.05) is 80.5 Å². The Labute approximate surface area is 809 Å². The molecule has 2 saturated heterocycles. The van der Waals surface area contributed by atoms with Crippen molar-refractivity contribution in [1.29, 1.82) is 5.26 Å². The van der Waals surface area contributed by atoms with Gasteiger partial charge in [0.2, 0.25) is 35.4 Å². The predicted octanol–water partition coefficient (Wildman–Crippen LogP) is 0.319. The topological polar surface area (TPSA) is 912 Å². The second-order valence-electron chi connectivity index (χ2n) is 29.1. The predicted molar refractivity (Wildman–Crippen MR) is 491 cm³/mol. The number of hydrogen-bond donors (Lipinski definition) is 24. The Balaban J connectivity index is 0.000000495. The first-order valence-corrected chi connectivity index (χ1v) is 54.8. The first-order valence-electron chi connectivity index (χ1n) is 40.8. The highest BCUT2D eigenvalue weighted by molar-refractivity contribution is 8.77. The van der Waals surface area contributed by atoms with Crippen LogP contribution in [0.2, 0.25) is 0 Å². The summed E-state index contributed by atoms with van der Waals surface area (Å²) in [6, 6.07) is 12.3. The van der Waals surface area contributed by atoms with Crippen molar-refractivity contribution in [3.05, 3.63) is 104 Å². The van der Waals surface area contributed by atoms with E-state index in [2.05, 4.69) is 97.2 Å². The molecule has 2 aliphatic heterocycles. The lowest BCUT2D eigenvalue weighted by Crippen LogP contribution is -2.48. The van der Waals surface area contributed by atoms with Gasteiger partial charge in [-0.15, -0.1) is 0 Å². The zero-order valence-corrected chi connectivity index (χ0v) is 81.9. The summed E-state index contributed by atoms with van der Waals surface area (Å²) in [6.07, 6.45) is -6.34. The maximum absolute atomic E-state index is 13.4. The molecule has 67 heteroatoms. The molecule has 7 rings (SSSR count). The van der Waals surface area contributed by atoms with Gasteiger partial charge < -0.3 is 138 Å². The average molecular weight is 2170 g/mol. The highest BCUT2D eigenvalue weighted by Gasteiger charge is 2.46. The lowest BCUT2D eigenvalue weighted by atomic mass is 9.98. The van der Waals surface area contributed by atoms with E-state index in [-0.39, 0.29) is 123 Å². The van der Waals surface area contributed by atoms with Gasteiger partial charge in [-0.1, -0.05) is 128 Å². The molecule has 7 amide bonds. The van der Waals surface area contributed by atoms with E-state index in [0.29, 0.717) is 44.3 Å². The van der Waals surface area contributed by atoms with E-state index in [1.165, 1.54) is 50.1 Å². The van der Waals surface area contributed by atoms with E-state index >= 15 is 0 Å². The minimum absolute atomic E-state index is 0.00102. The van der Waals surface area contributed by atoms with Gasteiger partial charge in [-0.2, -0.15) is 32.5 Å². The van der Waals surface area contributed by atoms with Crippen LogP contribution in [-0.4, -0.2) is 272 Å². The number of aliphatic hydroxyl groups is 2. The van der Waals surface area contributed by atoms with Crippen LogP contribution in [0.25, 0.3) is 11.1 Å². The lowest BCUT2D eigenvalue weighted by molar-refractivity contribution is -0.147. The number of nitrogens with zero attached hydrogens (tertiary/aromatic N) is 5. The van der Waals surface area contributed by atoms with Crippen molar-refractivity contribution < 1.29 is 190 Å². The minimum atomic E-state index is -5.81. The molecule has 0 saturated carbocycles. The quantitative estimate of drug-likeness (QED) is 0.0122. The third-order valence-electron chi connectivity index (χ3n) is 18.4. The van der Waals surface area contributed by atoms with Gasteiger partial charge in [0.15, 0.2) is 0 Å².